The molecule has 116 valence electrons. The molecule has 2 aromatic rings. The summed E-state index contributed by atoms with van der Waals surface area (Å²) in [6.45, 7) is 2.20. The molecule has 1 fully saturated rings. The molecule has 1 saturated heterocycles. The Kier molecular flexibility index (Phi) is 4.57. The Morgan fingerprint density at radius 1 is 1.27 bits per heavy atom. The molecule has 7 nitrogen and oxygen atoms in total. The van der Waals surface area contributed by atoms with Crippen molar-refractivity contribution >= 4 is 23.4 Å². The summed E-state index contributed by atoms with van der Waals surface area (Å²) in [6, 6.07) is 8.77. The van der Waals surface area contributed by atoms with E-state index in [-0.39, 0.29) is 6.03 Å². The first-order chi connectivity index (χ1) is 10.7. The second-order valence-electron chi connectivity index (χ2n) is 4.72. The third-order valence-electron chi connectivity index (χ3n) is 3.17. The van der Waals surface area contributed by atoms with Gasteiger partial charge in [-0.3, -0.25) is 10.3 Å². The van der Waals surface area contributed by atoms with Crippen LogP contribution in [0.2, 0.25) is 5.02 Å². The van der Waals surface area contributed by atoms with Crippen LogP contribution in [-0.4, -0.2) is 47.1 Å². The first-order valence-corrected chi connectivity index (χ1v) is 7.31. The molecule has 2 heterocycles. The number of aromatic nitrogens is 2. The monoisotopic (exact) mass is 321 g/mol. The lowest BCUT2D eigenvalue weighted by Gasteiger charge is -2.19. The summed E-state index contributed by atoms with van der Waals surface area (Å²) in [5.41, 5.74) is 3.86. The number of anilines is 1. The van der Waals surface area contributed by atoms with Crippen molar-refractivity contribution in [2.45, 2.75) is 0 Å². The lowest BCUT2D eigenvalue weighted by Crippen LogP contribution is -2.46. The van der Waals surface area contributed by atoms with Crippen LogP contribution in [0, 0.1) is 0 Å². The third-order valence-corrected chi connectivity index (χ3v) is 3.42. The largest absolute Gasteiger partial charge is 0.378 e. The number of amides is 2. The van der Waals surface area contributed by atoms with Crippen LogP contribution in [0.3, 0.4) is 0 Å². The van der Waals surface area contributed by atoms with E-state index in [1.807, 2.05) is 12.1 Å². The predicted octanol–water partition coefficient (Wildman–Crippen LogP) is 1.89. The zero-order chi connectivity index (χ0) is 15.4. The van der Waals surface area contributed by atoms with Gasteiger partial charge in [0.05, 0.1) is 25.4 Å². The molecule has 0 spiro atoms. The second kappa shape index (κ2) is 6.78. The molecule has 1 aliphatic rings. The van der Waals surface area contributed by atoms with Crippen molar-refractivity contribution in [3.63, 3.8) is 0 Å². The normalized spacial score (nSPS) is 15.4. The van der Waals surface area contributed by atoms with Crippen LogP contribution in [0.15, 0.2) is 36.5 Å². The van der Waals surface area contributed by atoms with Crippen LogP contribution >= 0.6 is 11.6 Å². The van der Waals surface area contributed by atoms with E-state index < -0.39 is 0 Å². The fraction of sp³-hybridized carbons (Fsp3) is 0.286. The molecule has 2 N–H and O–H groups in total. The fourth-order valence-electron chi connectivity index (χ4n) is 2.07. The number of carbonyl (C=O) groups is 1. The summed E-state index contributed by atoms with van der Waals surface area (Å²) in [5.74, 6) is 0.479. The molecule has 1 aromatic carbocycles. The molecular weight excluding hydrogens is 306 g/mol. The van der Waals surface area contributed by atoms with Gasteiger partial charge >= 0.3 is 6.03 Å². The predicted molar refractivity (Wildman–Crippen MR) is 83.1 cm³/mol. The van der Waals surface area contributed by atoms with Crippen molar-refractivity contribution in [1.29, 1.82) is 0 Å². The van der Waals surface area contributed by atoms with Crippen LogP contribution in [0.5, 0.6) is 0 Å². The number of rotatable bonds is 2. The highest BCUT2D eigenvalue weighted by molar-refractivity contribution is 6.30. The van der Waals surface area contributed by atoms with E-state index >= 15 is 0 Å². The van der Waals surface area contributed by atoms with Crippen LogP contribution in [-0.2, 0) is 4.74 Å². The number of hydrogen-bond donors (Lipinski definition) is 2. The minimum absolute atomic E-state index is 0.258. The number of nitrogens with one attached hydrogen (secondary N) is 2. The molecule has 8 heteroatoms. The average molecular weight is 322 g/mol. The van der Waals surface area contributed by atoms with Crippen molar-refractivity contribution in [3.8, 4) is 5.69 Å². The van der Waals surface area contributed by atoms with E-state index in [0.717, 1.165) is 5.69 Å². The molecular formula is C14H16ClN5O2. The van der Waals surface area contributed by atoms with E-state index in [1.165, 1.54) is 5.01 Å². The van der Waals surface area contributed by atoms with Crippen molar-refractivity contribution in [2.24, 2.45) is 0 Å². The Bertz CT molecular complexity index is 635. The van der Waals surface area contributed by atoms with Crippen molar-refractivity contribution in [1.82, 2.24) is 20.2 Å². The summed E-state index contributed by atoms with van der Waals surface area (Å²) in [6.07, 6.45) is 1.78. The Labute approximate surface area is 132 Å². The molecule has 3 rings (SSSR count). The maximum absolute atomic E-state index is 12.1. The van der Waals surface area contributed by atoms with Gasteiger partial charge in [-0.05, 0) is 24.3 Å². The number of halogens is 1. The fourth-order valence-corrected chi connectivity index (χ4v) is 2.19. The van der Waals surface area contributed by atoms with Gasteiger partial charge in [0.1, 0.15) is 0 Å². The van der Waals surface area contributed by atoms with Crippen LogP contribution < -0.4 is 10.7 Å². The van der Waals surface area contributed by atoms with Crippen molar-refractivity contribution in [3.05, 3.63) is 41.6 Å². The highest BCUT2D eigenvalue weighted by atomic mass is 35.5. The summed E-state index contributed by atoms with van der Waals surface area (Å²) in [5, 5.41) is 9.24. The van der Waals surface area contributed by atoms with Gasteiger partial charge in [-0.2, -0.15) is 0 Å². The standard InChI is InChI=1S/C14H16ClN5O2/c15-11-1-3-12(4-2-11)19-7-5-13(18-19)17-14(21)20-8-10-22-9-6-16-20/h1-5,7,16H,6,8-10H2,(H,17,18,21). The third kappa shape index (κ3) is 3.56. The van der Waals surface area contributed by atoms with Gasteiger partial charge in [-0.25, -0.2) is 14.9 Å². The zero-order valence-corrected chi connectivity index (χ0v) is 12.6. The summed E-state index contributed by atoms with van der Waals surface area (Å²) in [4.78, 5) is 12.1. The van der Waals surface area contributed by atoms with E-state index in [2.05, 4.69) is 15.8 Å². The highest BCUT2D eigenvalue weighted by Crippen LogP contribution is 2.14. The topological polar surface area (TPSA) is 71.4 Å². The molecule has 2 amide bonds. The lowest BCUT2D eigenvalue weighted by molar-refractivity contribution is 0.147. The molecule has 0 aliphatic carbocycles. The van der Waals surface area contributed by atoms with Crippen molar-refractivity contribution in [2.75, 3.05) is 31.6 Å². The first-order valence-electron chi connectivity index (χ1n) is 6.94. The van der Waals surface area contributed by atoms with Gasteiger partial charge in [0.25, 0.3) is 0 Å². The molecule has 1 aliphatic heterocycles. The summed E-state index contributed by atoms with van der Waals surface area (Å²) >= 11 is 5.86. The number of carbonyl (C=O) groups excluding carboxylic acids is 1. The summed E-state index contributed by atoms with van der Waals surface area (Å²) < 4.78 is 6.95. The van der Waals surface area contributed by atoms with Gasteiger partial charge in [0, 0.05) is 23.8 Å². The summed E-state index contributed by atoms with van der Waals surface area (Å²) in [7, 11) is 0. The van der Waals surface area contributed by atoms with Gasteiger partial charge in [0.2, 0.25) is 0 Å². The molecule has 0 radical (unpaired) electrons. The van der Waals surface area contributed by atoms with Crippen LogP contribution in [0.4, 0.5) is 10.6 Å². The Morgan fingerprint density at radius 3 is 2.91 bits per heavy atom. The molecule has 0 saturated carbocycles. The number of ether oxygens (including phenoxy) is 1. The molecule has 0 bridgehead atoms. The van der Waals surface area contributed by atoms with E-state index in [9.17, 15) is 4.79 Å². The van der Waals surface area contributed by atoms with Crippen LogP contribution in [0.25, 0.3) is 5.69 Å². The second-order valence-corrected chi connectivity index (χ2v) is 5.16. The maximum Gasteiger partial charge on any atom is 0.337 e. The molecule has 0 atom stereocenters. The first kappa shape index (κ1) is 14.8. The van der Waals surface area contributed by atoms with E-state index in [0.29, 0.717) is 37.1 Å². The van der Waals surface area contributed by atoms with E-state index in [1.54, 1.807) is 29.1 Å². The maximum atomic E-state index is 12.1. The molecule has 1 aromatic heterocycles. The van der Waals surface area contributed by atoms with Gasteiger partial charge < -0.3 is 4.74 Å². The number of benzene rings is 1. The van der Waals surface area contributed by atoms with E-state index in [4.69, 9.17) is 16.3 Å². The van der Waals surface area contributed by atoms with Crippen LogP contribution in [0.1, 0.15) is 0 Å². The number of nitrogens with zero attached hydrogens (tertiary/aromatic N) is 3. The number of urea groups is 1. The Morgan fingerprint density at radius 2 is 2.09 bits per heavy atom. The molecule has 0 unspecified atom stereocenters. The number of hydrazine groups is 1. The average Bonchev–Trinajstić information content (AvgIpc) is 2.81. The minimum Gasteiger partial charge on any atom is -0.378 e. The molecule has 22 heavy (non-hydrogen) atoms. The Hall–Kier alpha value is -2.09. The smallest absolute Gasteiger partial charge is 0.337 e. The highest BCUT2D eigenvalue weighted by Gasteiger charge is 2.16. The lowest BCUT2D eigenvalue weighted by atomic mass is 10.3. The SMILES string of the molecule is O=C(Nc1ccn(-c2ccc(Cl)cc2)n1)N1CCOCCN1. The van der Waals surface area contributed by atoms with Gasteiger partial charge in [-0.15, -0.1) is 5.10 Å². The minimum atomic E-state index is -0.258. The van der Waals surface area contributed by atoms with Crippen molar-refractivity contribution < 1.29 is 9.53 Å². The zero-order valence-electron chi connectivity index (χ0n) is 11.8. The van der Waals surface area contributed by atoms with Gasteiger partial charge in [0.15, 0.2) is 5.82 Å². The number of hydrogen-bond acceptors (Lipinski definition) is 4. The Balaban J connectivity index is 1.66. The quantitative estimate of drug-likeness (QED) is 0.886. The van der Waals surface area contributed by atoms with Gasteiger partial charge in [-0.1, -0.05) is 11.6 Å².